The predicted molar refractivity (Wildman–Crippen MR) is 112 cm³/mol. The number of carbonyl (C=O) groups excluding carboxylic acids is 2. The maximum absolute atomic E-state index is 12.4. The number of nitrogens with zero attached hydrogens (tertiary/aromatic N) is 2. The highest BCUT2D eigenvalue weighted by molar-refractivity contribution is 7.12. The summed E-state index contributed by atoms with van der Waals surface area (Å²) in [4.78, 5) is 34.5. The van der Waals surface area contributed by atoms with Gasteiger partial charge in [0, 0.05) is 6.08 Å². The Morgan fingerprint density at radius 3 is 2.90 bits per heavy atom. The van der Waals surface area contributed by atoms with E-state index in [0.29, 0.717) is 28.6 Å². The summed E-state index contributed by atoms with van der Waals surface area (Å²) in [5, 5.41) is 11.3. The largest absolute Gasteiger partial charge is 0.490 e. The predicted octanol–water partition coefficient (Wildman–Crippen LogP) is 3.82. The fourth-order valence-electron chi connectivity index (χ4n) is 2.88. The van der Waals surface area contributed by atoms with Crippen molar-refractivity contribution in [3.05, 3.63) is 63.6 Å². The van der Waals surface area contributed by atoms with Gasteiger partial charge in [0.2, 0.25) is 0 Å². The van der Waals surface area contributed by atoms with Crippen molar-refractivity contribution >= 4 is 41.0 Å². The molecule has 1 N–H and O–H groups in total. The van der Waals surface area contributed by atoms with Gasteiger partial charge in [0.25, 0.3) is 5.91 Å². The molecule has 1 amide bonds. The van der Waals surface area contributed by atoms with Gasteiger partial charge in [0.05, 0.1) is 12.2 Å². The molecule has 3 heterocycles. The third kappa shape index (κ3) is 3.74. The second kappa shape index (κ2) is 7.96. The smallest absolute Gasteiger partial charge is 0.353 e. The van der Waals surface area contributed by atoms with Crippen LogP contribution >= 0.6 is 11.3 Å². The molecule has 0 spiro atoms. The number of rotatable bonds is 5. The molecule has 0 bridgehead atoms. The van der Waals surface area contributed by atoms with Gasteiger partial charge < -0.3 is 14.3 Å². The van der Waals surface area contributed by atoms with Gasteiger partial charge in [-0.3, -0.25) is 10.2 Å². The first-order chi connectivity index (χ1) is 14.5. The van der Waals surface area contributed by atoms with Crippen LogP contribution in [0, 0.1) is 5.41 Å². The zero-order valence-corrected chi connectivity index (χ0v) is 17.0. The molecule has 2 aliphatic rings. The molecule has 0 unspecified atom stereocenters. The molecule has 1 aromatic heterocycles. The van der Waals surface area contributed by atoms with Crippen LogP contribution in [0.15, 0.2) is 58.1 Å². The number of thiophene rings is 1. The highest BCUT2D eigenvalue weighted by Crippen LogP contribution is 2.31. The van der Waals surface area contributed by atoms with Gasteiger partial charge in [-0.1, -0.05) is 12.1 Å². The summed E-state index contributed by atoms with van der Waals surface area (Å²) in [7, 11) is 0. The number of hydrogen-bond donors (Lipinski definition) is 1. The molecule has 8 nitrogen and oxygen atoms in total. The first-order valence-corrected chi connectivity index (χ1v) is 9.97. The Hall–Kier alpha value is -3.72. The summed E-state index contributed by atoms with van der Waals surface area (Å²) in [5.41, 5.74) is 0.664. The number of esters is 1. The molecule has 30 heavy (non-hydrogen) atoms. The fraction of sp³-hybridized carbons (Fsp3) is 0.143. The van der Waals surface area contributed by atoms with Gasteiger partial charge in [-0.25, -0.2) is 4.79 Å². The maximum Gasteiger partial charge on any atom is 0.353 e. The SMILES string of the molecule is CCOc1cc(/C=C2\C(=N)N3OC(C)=CC3=NC2=O)ccc1OC(=O)c1cccs1. The minimum Gasteiger partial charge on any atom is -0.490 e. The van der Waals surface area contributed by atoms with Crippen molar-refractivity contribution in [2.24, 2.45) is 4.99 Å². The van der Waals surface area contributed by atoms with E-state index in [9.17, 15) is 9.59 Å². The quantitative estimate of drug-likeness (QED) is 0.446. The van der Waals surface area contributed by atoms with Gasteiger partial charge in [-0.05, 0) is 49.1 Å². The molecule has 152 valence electrons. The highest BCUT2D eigenvalue weighted by Gasteiger charge is 2.34. The lowest BCUT2D eigenvalue weighted by Gasteiger charge is -2.23. The molecule has 4 rings (SSSR count). The number of allylic oxidation sites excluding steroid dienone is 1. The van der Waals surface area contributed by atoms with Crippen LogP contribution in [0.3, 0.4) is 0 Å². The Bertz CT molecular complexity index is 1130. The van der Waals surface area contributed by atoms with Crippen molar-refractivity contribution in [3.63, 3.8) is 0 Å². The maximum atomic E-state index is 12.4. The van der Waals surface area contributed by atoms with E-state index in [2.05, 4.69) is 4.99 Å². The Morgan fingerprint density at radius 1 is 1.33 bits per heavy atom. The highest BCUT2D eigenvalue weighted by atomic mass is 32.1. The number of hydroxylamine groups is 2. The van der Waals surface area contributed by atoms with E-state index < -0.39 is 11.9 Å². The number of aliphatic imine (C=N–C) groups is 1. The van der Waals surface area contributed by atoms with Crippen LogP contribution in [0.4, 0.5) is 0 Å². The molecule has 0 atom stereocenters. The van der Waals surface area contributed by atoms with Crippen LogP contribution in [-0.2, 0) is 9.63 Å². The number of nitrogens with one attached hydrogen (secondary N) is 1. The number of benzene rings is 1. The summed E-state index contributed by atoms with van der Waals surface area (Å²) in [5.74, 6) is 0.332. The summed E-state index contributed by atoms with van der Waals surface area (Å²) >= 11 is 1.28. The standard InChI is InChI=1S/C21H17N3O5S/c1-3-27-16-11-13(6-7-15(16)28-21(26)17-5-4-8-30-17)10-14-19(22)24-18(23-20(14)25)9-12(2)29-24/h4-11,22H,3H2,1-2H3/b14-10+,22-19?. The minimum atomic E-state index is -0.535. The fourth-order valence-corrected chi connectivity index (χ4v) is 3.48. The van der Waals surface area contributed by atoms with E-state index in [1.807, 2.05) is 6.92 Å². The van der Waals surface area contributed by atoms with E-state index in [-0.39, 0.29) is 23.0 Å². The second-order valence-corrected chi connectivity index (χ2v) is 7.28. The molecule has 0 radical (unpaired) electrons. The third-order valence-electron chi connectivity index (χ3n) is 4.18. The van der Waals surface area contributed by atoms with Crippen LogP contribution in [0.25, 0.3) is 6.08 Å². The van der Waals surface area contributed by atoms with Crippen molar-refractivity contribution in [2.45, 2.75) is 13.8 Å². The Balaban J connectivity index is 1.62. The van der Waals surface area contributed by atoms with Crippen molar-refractivity contribution in [1.82, 2.24) is 5.06 Å². The van der Waals surface area contributed by atoms with E-state index in [0.717, 1.165) is 0 Å². The summed E-state index contributed by atoms with van der Waals surface area (Å²) in [6.07, 6.45) is 3.11. The molecule has 1 aromatic carbocycles. The topological polar surface area (TPSA) is 101 Å². The van der Waals surface area contributed by atoms with Crippen LogP contribution in [0.1, 0.15) is 29.1 Å². The van der Waals surface area contributed by atoms with Crippen molar-refractivity contribution in [3.8, 4) is 11.5 Å². The second-order valence-electron chi connectivity index (χ2n) is 6.33. The van der Waals surface area contributed by atoms with Gasteiger partial charge in [0.1, 0.15) is 10.6 Å². The number of ether oxygens (including phenoxy) is 2. The Kier molecular flexibility index (Phi) is 5.20. The molecule has 0 aliphatic carbocycles. The van der Waals surface area contributed by atoms with Crippen molar-refractivity contribution in [2.75, 3.05) is 6.61 Å². The number of amides is 1. The average molecular weight is 423 g/mol. The van der Waals surface area contributed by atoms with E-state index in [1.165, 1.54) is 22.5 Å². The molecule has 9 heteroatoms. The Morgan fingerprint density at radius 2 is 2.17 bits per heavy atom. The Labute approximate surface area is 176 Å². The van der Waals surface area contributed by atoms with E-state index >= 15 is 0 Å². The van der Waals surface area contributed by atoms with Crippen LogP contribution in [-0.4, -0.2) is 35.2 Å². The number of amidine groups is 2. The molecular weight excluding hydrogens is 406 g/mol. The molecular formula is C21H17N3O5S. The van der Waals surface area contributed by atoms with Gasteiger partial charge in [-0.15, -0.1) is 16.4 Å². The van der Waals surface area contributed by atoms with Gasteiger partial charge in [0.15, 0.2) is 23.2 Å². The molecule has 0 saturated carbocycles. The lowest BCUT2D eigenvalue weighted by molar-refractivity contribution is -0.114. The van der Waals surface area contributed by atoms with Crippen LogP contribution < -0.4 is 9.47 Å². The van der Waals surface area contributed by atoms with Crippen molar-refractivity contribution in [1.29, 1.82) is 5.41 Å². The number of fused-ring (bicyclic) bond motifs is 1. The van der Waals surface area contributed by atoms with E-state index in [1.54, 1.807) is 48.7 Å². The number of hydrogen-bond acceptors (Lipinski definition) is 7. The van der Waals surface area contributed by atoms with Crippen LogP contribution in [0.2, 0.25) is 0 Å². The summed E-state index contributed by atoms with van der Waals surface area (Å²) in [6.45, 7) is 3.89. The van der Waals surface area contributed by atoms with Gasteiger partial charge >= 0.3 is 5.97 Å². The zero-order valence-electron chi connectivity index (χ0n) is 16.2. The molecule has 2 aromatic rings. The lowest BCUT2D eigenvalue weighted by atomic mass is 10.1. The minimum absolute atomic E-state index is 0.0765. The monoisotopic (exact) mass is 423 g/mol. The zero-order chi connectivity index (χ0) is 21.3. The first kappa shape index (κ1) is 19.6. The molecule has 0 fully saturated rings. The number of carbonyl (C=O) groups is 2. The van der Waals surface area contributed by atoms with Gasteiger partial charge in [-0.2, -0.15) is 4.99 Å². The average Bonchev–Trinajstić information content (AvgIpc) is 3.37. The van der Waals surface area contributed by atoms with Crippen LogP contribution in [0.5, 0.6) is 11.5 Å². The third-order valence-corrected chi connectivity index (χ3v) is 5.03. The van der Waals surface area contributed by atoms with Crippen molar-refractivity contribution < 1.29 is 23.9 Å². The molecule has 2 aliphatic heterocycles. The molecule has 0 saturated heterocycles. The lowest BCUT2D eigenvalue weighted by Crippen LogP contribution is -2.38. The van der Waals surface area contributed by atoms with E-state index in [4.69, 9.17) is 19.7 Å². The first-order valence-electron chi connectivity index (χ1n) is 9.09. The normalized spacial score (nSPS) is 16.7. The summed E-state index contributed by atoms with van der Waals surface area (Å²) in [6, 6.07) is 8.35. The summed E-state index contributed by atoms with van der Waals surface area (Å²) < 4.78 is 11.1.